The Morgan fingerprint density at radius 1 is 1.40 bits per heavy atom. The lowest BCUT2D eigenvalue weighted by Crippen LogP contribution is -2.08. The fourth-order valence-electron chi connectivity index (χ4n) is 1.38. The van der Waals surface area contributed by atoms with E-state index in [2.05, 4.69) is 10.2 Å². The van der Waals surface area contributed by atoms with Crippen molar-refractivity contribution in [2.75, 3.05) is 6.61 Å². The molecule has 0 atom stereocenters. The zero-order chi connectivity index (χ0) is 10.7. The van der Waals surface area contributed by atoms with E-state index in [0.717, 1.165) is 10.8 Å². The predicted molar refractivity (Wildman–Crippen MR) is 55.5 cm³/mol. The number of esters is 1. The lowest BCUT2D eigenvalue weighted by molar-refractivity contribution is 0.0521. The maximum Gasteiger partial charge on any atom is 0.359 e. The minimum absolute atomic E-state index is 0.273. The van der Waals surface area contributed by atoms with Crippen LogP contribution < -0.4 is 0 Å². The molecule has 0 radical (unpaired) electrons. The molecule has 0 saturated carbocycles. The van der Waals surface area contributed by atoms with Gasteiger partial charge < -0.3 is 4.74 Å². The quantitative estimate of drug-likeness (QED) is 0.697. The number of rotatable bonds is 2. The van der Waals surface area contributed by atoms with Crippen LogP contribution in [0.5, 0.6) is 0 Å². The Kier molecular flexibility index (Phi) is 2.58. The number of ether oxygens (including phenoxy) is 1. The van der Waals surface area contributed by atoms with E-state index in [1.54, 1.807) is 13.1 Å². The third-order valence-corrected chi connectivity index (χ3v) is 2.04. The predicted octanol–water partition coefficient (Wildman–Crippen LogP) is 1.81. The largest absolute Gasteiger partial charge is 0.461 e. The van der Waals surface area contributed by atoms with E-state index >= 15 is 0 Å². The van der Waals surface area contributed by atoms with Crippen LogP contribution in [-0.4, -0.2) is 22.8 Å². The van der Waals surface area contributed by atoms with Crippen molar-refractivity contribution in [2.24, 2.45) is 0 Å². The van der Waals surface area contributed by atoms with Crippen LogP contribution in [0.3, 0.4) is 0 Å². The number of hydrogen-bond donors (Lipinski definition) is 0. The molecule has 76 valence electrons. The molecule has 2 rings (SSSR count). The molecule has 0 unspecified atom stereocenters. The molecule has 0 aliphatic heterocycles. The highest BCUT2D eigenvalue weighted by Crippen LogP contribution is 2.15. The molecule has 4 nitrogen and oxygen atoms in total. The van der Waals surface area contributed by atoms with Gasteiger partial charge in [-0.05, 0) is 6.92 Å². The fourth-order valence-corrected chi connectivity index (χ4v) is 1.38. The first-order valence-electron chi connectivity index (χ1n) is 4.70. The van der Waals surface area contributed by atoms with Crippen molar-refractivity contribution < 1.29 is 9.53 Å². The zero-order valence-electron chi connectivity index (χ0n) is 8.30. The van der Waals surface area contributed by atoms with E-state index in [0.29, 0.717) is 6.61 Å². The van der Waals surface area contributed by atoms with Gasteiger partial charge in [-0.15, -0.1) is 5.10 Å². The number of aromatic nitrogens is 2. The molecule has 0 N–H and O–H groups in total. The van der Waals surface area contributed by atoms with E-state index in [1.807, 2.05) is 24.3 Å². The van der Waals surface area contributed by atoms with E-state index in [-0.39, 0.29) is 5.69 Å². The minimum Gasteiger partial charge on any atom is -0.461 e. The summed E-state index contributed by atoms with van der Waals surface area (Å²) in [7, 11) is 0. The lowest BCUT2D eigenvalue weighted by atomic mass is 10.1. The van der Waals surface area contributed by atoms with Crippen LogP contribution in [-0.2, 0) is 4.74 Å². The second kappa shape index (κ2) is 4.04. The van der Waals surface area contributed by atoms with Gasteiger partial charge in [0.1, 0.15) is 0 Å². The Labute approximate surface area is 86.9 Å². The van der Waals surface area contributed by atoms with Crippen molar-refractivity contribution in [3.05, 3.63) is 36.2 Å². The van der Waals surface area contributed by atoms with Gasteiger partial charge in [0.15, 0.2) is 5.69 Å². The first-order valence-corrected chi connectivity index (χ1v) is 4.70. The highest BCUT2D eigenvalue weighted by Gasteiger charge is 2.12. The van der Waals surface area contributed by atoms with Gasteiger partial charge in [0.25, 0.3) is 0 Å². The summed E-state index contributed by atoms with van der Waals surface area (Å²) in [6.45, 7) is 2.10. The smallest absolute Gasteiger partial charge is 0.359 e. The summed E-state index contributed by atoms with van der Waals surface area (Å²) in [6.07, 6.45) is 1.62. The number of nitrogens with zero attached hydrogens (tertiary/aromatic N) is 2. The normalized spacial score (nSPS) is 10.2. The number of carbonyl (C=O) groups excluding carboxylic acids is 1. The summed E-state index contributed by atoms with van der Waals surface area (Å²) >= 11 is 0. The summed E-state index contributed by atoms with van der Waals surface area (Å²) in [5, 5.41) is 9.22. The molecule has 15 heavy (non-hydrogen) atoms. The molecule has 0 saturated heterocycles. The molecule has 1 aromatic heterocycles. The van der Waals surface area contributed by atoms with E-state index in [4.69, 9.17) is 4.74 Å². The minimum atomic E-state index is -0.429. The summed E-state index contributed by atoms with van der Waals surface area (Å²) < 4.78 is 4.89. The Morgan fingerprint density at radius 2 is 2.20 bits per heavy atom. The van der Waals surface area contributed by atoms with E-state index in [1.165, 1.54) is 0 Å². The highest BCUT2D eigenvalue weighted by atomic mass is 16.5. The third kappa shape index (κ3) is 1.79. The SMILES string of the molecule is CCOC(=O)c1nncc2ccccc12. The summed E-state index contributed by atoms with van der Waals surface area (Å²) in [5.41, 5.74) is 0.273. The molecule has 2 aromatic rings. The van der Waals surface area contributed by atoms with Crippen LogP contribution in [0, 0.1) is 0 Å². The average Bonchev–Trinajstić information content (AvgIpc) is 2.28. The van der Waals surface area contributed by atoms with Gasteiger partial charge in [0.2, 0.25) is 0 Å². The molecular formula is C11H10N2O2. The van der Waals surface area contributed by atoms with Crippen LogP contribution in [0.2, 0.25) is 0 Å². The topological polar surface area (TPSA) is 52.1 Å². The first-order chi connectivity index (χ1) is 7.33. The van der Waals surface area contributed by atoms with Crippen LogP contribution in [0.4, 0.5) is 0 Å². The Bertz CT molecular complexity index is 491. The van der Waals surface area contributed by atoms with Crippen LogP contribution >= 0.6 is 0 Å². The second-order valence-electron chi connectivity index (χ2n) is 3.00. The van der Waals surface area contributed by atoms with Crippen molar-refractivity contribution in [1.82, 2.24) is 10.2 Å². The second-order valence-corrected chi connectivity index (χ2v) is 3.00. The van der Waals surface area contributed by atoms with Crippen molar-refractivity contribution in [3.8, 4) is 0 Å². The molecule has 0 amide bonds. The first kappa shape index (κ1) is 9.58. The van der Waals surface area contributed by atoms with Gasteiger partial charge in [-0.3, -0.25) is 0 Å². The maximum absolute atomic E-state index is 11.5. The number of benzene rings is 1. The molecule has 0 spiro atoms. The molecule has 4 heteroatoms. The van der Waals surface area contributed by atoms with Crippen molar-refractivity contribution >= 4 is 16.7 Å². The maximum atomic E-state index is 11.5. The molecule has 0 bridgehead atoms. The van der Waals surface area contributed by atoms with Gasteiger partial charge >= 0.3 is 5.97 Å². The van der Waals surface area contributed by atoms with Crippen LogP contribution in [0.15, 0.2) is 30.5 Å². The number of carbonyl (C=O) groups is 1. The Hall–Kier alpha value is -1.97. The number of hydrogen-bond acceptors (Lipinski definition) is 4. The van der Waals surface area contributed by atoms with E-state index < -0.39 is 5.97 Å². The fraction of sp³-hybridized carbons (Fsp3) is 0.182. The monoisotopic (exact) mass is 202 g/mol. The van der Waals surface area contributed by atoms with Crippen LogP contribution in [0.25, 0.3) is 10.8 Å². The summed E-state index contributed by atoms with van der Waals surface area (Å²) in [4.78, 5) is 11.5. The van der Waals surface area contributed by atoms with Gasteiger partial charge in [0.05, 0.1) is 12.8 Å². The Balaban J connectivity index is 2.56. The average molecular weight is 202 g/mol. The van der Waals surface area contributed by atoms with Crippen LogP contribution in [0.1, 0.15) is 17.4 Å². The number of fused-ring (bicyclic) bond motifs is 1. The van der Waals surface area contributed by atoms with Crippen molar-refractivity contribution in [1.29, 1.82) is 0 Å². The summed E-state index contributed by atoms with van der Waals surface area (Å²) in [5.74, 6) is -0.429. The van der Waals surface area contributed by atoms with E-state index in [9.17, 15) is 4.79 Å². The molecule has 0 aliphatic carbocycles. The lowest BCUT2D eigenvalue weighted by Gasteiger charge is -2.03. The molecule has 0 aliphatic rings. The molecule has 0 fully saturated rings. The molecular weight excluding hydrogens is 192 g/mol. The van der Waals surface area contributed by atoms with Gasteiger partial charge in [-0.25, -0.2) is 4.79 Å². The van der Waals surface area contributed by atoms with Gasteiger partial charge in [-0.2, -0.15) is 5.10 Å². The van der Waals surface area contributed by atoms with Crippen molar-refractivity contribution in [3.63, 3.8) is 0 Å². The van der Waals surface area contributed by atoms with Gasteiger partial charge in [-0.1, -0.05) is 24.3 Å². The highest BCUT2D eigenvalue weighted by molar-refractivity contribution is 6.01. The Morgan fingerprint density at radius 3 is 3.00 bits per heavy atom. The summed E-state index contributed by atoms with van der Waals surface area (Å²) in [6, 6.07) is 7.45. The molecule has 1 aromatic carbocycles. The third-order valence-electron chi connectivity index (χ3n) is 2.04. The van der Waals surface area contributed by atoms with Gasteiger partial charge in [0, 0.05) is 10.8 Å². The van der Waals surface area contributed by atoms with Crippen molar-refractivity contribution in [2.45, 2.75) is 6.92 Å². The zero-order valence-corrected chi connectivity index (χ0v) is 8.30. The molecule has 1 heterocycles. The standard InChI is InChI=1S/C11H10N2O2/c1-2-15-11(14)10-9-6-4-3-5-8(9)7-12-13-10/h3-7H,2H2,1H3.